The van der Waals surface area contributed by atoms with E-state index < -0.39 is 28.0 Å². The van der Waals surface area contributed by atoms with Crippen molar-refractivity contribution in [2.24, 2.45) is 7.05 Å². The number of nitrogens with one attached hydrogen (secondary N) is 1. The minimum atomic E-state index is -1.02. The number of aliphatic hydroxyl groups is 1. The summed E-state index contributed by atoms with van der Waals surface area (Å²) >= 11 is 0. The normalized spacial score (nSPS) is 13.2. The Morgan fingerprint density at radius 2 is 2.00 bits per heavy atom. The van der Waals surface area contributed by atoms with Gasteiger partial charge in [-0.1, -0.05) is 0 Å². The van der Waals surface area contributed by atoms with Crippen molar-refractivity contribution in [1.29, 1.82) is 0 Å². The molecule has 118 valence electrons. The van der Waals surface area contributed by atoms with Gasteiger partial charge in [-0.2, -0.15) is 0 Å². The van der Waals surface area contributed by atoms with Crippen LogP contribution in [0.15, 0.2) is 15.8 Å². The van der Waals surface area contributed by atoms with Gasteiger partial charge >= 0.3 is 16.9 Å². The number of aromatic nitrogens is 2. The summed E-state index contributed by atoms with van der Waals surface area (Å²) in [5.41, 5.74) is -2.66. The van der Waals surface area contributed by atoms with E-state index in [0.717, 1.165) is 10.8 Å². The highest BCUT2D eigenvalue weighted by Crippen LogP contribution is 2.01. The summed E-state index contributed by atoms with van der Waals surface area (Å²) in [7, 11) is 1.31. The van der Waals surface area contributed by atoms with E-state index >= 15 is 0 Å². The molecular formula is C12H20N4O5. The Labute approximate surface area is 121 Å². The second-order valence-electron chi connectivity index (χ2n) is 5.87. The van der Waals surface area contributed by atoms with Crippen LogP contribution in [0, 0.1) is 10.1 Å². The van der Waals surface area contributed by atoms with Crippen LogP contribution in [-0.4, -0.2) is 37.4 Å². The molecule has 0 saturated carbocycles. The summed E-state index contributed by atoms with van der Waals surface area (Å²) in [4.78, 5) is 33.7. The van der Waals surface area contributed by atoms with E-state index in [9.17, 15) is 24.8 Å². The highest BCUT2D eigenvalue weighted by molar-refractivity contribution is 5.21. The van der Waals surface area contributed by atoms with E-state index in [0.29, 0.717) is 4.57 Å². The number of hydrogen-bond donors (Lipinski definition) is 2. The molecule has 1 atom stereocenters. The van der Waals surface area contributed by atoms with E-state index in [4.69, 9.17) is 0 Å². The van der Waals surface area contributed by atoms with Crippen molar-refractivity contribution in [2.45, 2.75) is 39.0 Å². The predicted octanol–water partition coefficient (Wildman–Crippen LogP) is -0.796. The van der Waals surface area contributed by atoms with Crippen molar-refractivity contribution in [1.82, 2.24) is 14.5 Å². The summed E-state index contributed by atoms with van der Waals surface area (Å²) in [5.74, 6) is 0. The smallest absolute Gasteiger partial charge is 0.350 e. The fourth-order valence-electron chi connectivity index (χ4n) is 1.69. The monoisotopic (exact) mass is 300 g/mol. The second kappa shape index (κ2) is 6.19. The van der Waals surface area contributed by atoms with Crippen LogP contribution in [-0.2, 0) is 13.6 Å². The molecule has 0 aliphatic carbocycles. The summed E-state index contributed by atoms with van der Waals surface area (Å²) in [5, 5.41) is 23.7. The highest BCUT2D eigenvalue weighted by Gasteiger charge is 2.21. The minimum absolute atomic E-state index is 0.155. The first-order valence-electron chi connectivity index (χ1n) is 6.41. The summed E-state index contributed by atoms with van der Waals surface area (Å²) in [6, 6.07) is 0. The number of nitro groups is 1. The van der Waals surface area contributed by atoms with Crippen LogP contribution in [0.5, 0.6) is 0 Å². The molecule has 0 aliphatic rings. The van der Waals surface area contributed by atoms with Crippen molar-refractivity contribution in [3.05, 3.63) is 37.1 Å². The zero-order valence-electron chi connectivity index (χ0n) is 12.5. The van der Waals surface area contributed by atoms with Crippen molar-refractivity contribution >= 4 is 5.69 Å². The number of nitrogens with zero attached hydrogens (tertiary/aromatic N) is 3. The van der Waals surface area contributed by atoms with Crippen molar-refractivity contribution in [3.8, 4) is 0 Å². The lowest BCUT2D eigenvalue weighted by Crippen LogP contribution is -2.46. The largest absolute Gasteiger partial charge is 0.390 e. The average molecular weight is 300 g/mol. The Kier molecular flexibility index (Phi) is 5.02. The highest BCUT2D eigenvalue weighted by atomic mass is 16.6. The van der Waals surface area contributed by atoms with Crippen LogP contribution in [0.25, 0.3) is 0 Å². The van der Waals surface area contributed by atoms with E-state index in [-0.39, 0.29) is 18.6 Å². The predicted molar refractivity (Wildman–Crippen MR) is 76.4 cm³/mol. The molecular weight excluding hydrogens is 280 g/mol. The molecule has 0 aromatic carbocycles. The first-order valence-corrected chi connectivity index (χ1v) is 6.41. The molecule has 1 rings (SSSR count). The molecule has 1 aromatic heterocycles. The van der Waals surface area contributed by atoms with Crippen molar-refractivity contribution < 1.29 is 10.0 Å². The lowest BCUT2D eigenvalue weighted by molar-refractivity contribution is -0.387. The maximum Gasteiger partial charge on any atom is 0.350 e. The molecule has 9 heteroatoms. The molecule has 0 amide bonds. The lowest BCUT2D eigenvalue weighted by Gasteiger charge is -2.23. The van der Waals surface area contributed by atoms with Crippen LogP contribution in [0.4, 0.5) is 5.69 Å². The van der Waals surface area contributed by atoms with E-state index in [1.54, 1.807) is 0 Å². The van der Waals surface area contributed by atoms with Gasteiger partial charge in [-0.3, -0.25) is 24.0 Å². The molecule has 21 heavy (non-hydrogen) atoms. The molecule has 2 N–H and O–H groups in total. The molecule has 0 bridgehead atoms. The van der Waals surface area contributed by atoms with Crippen molar-refractivity contribution in [2.75, 3.05) is 6.54 Å². The Balaban J connectivity index is 3.06. The van der Waals surface area contributed by atoms with Gasteiger partial charge in [0.15, 0.2) is 0 Å². The van der Waals surface area contributed by atoms with Crippen LogP contribution in [0.2, 0.25) is 0 Å². The molecule has 0 saturated heterocycles. The first kappa shape index (κ1) is 17.1. The molecule has 1 aromatic rings. The molecule has 1 heterocycles. The van der Waals surface area contributed by atoms with Crippen LogP contribution >= 0.6 is 0 Å². The van der Waals surface area contributed by atoms with Gasteiger partial charge in [0.25, 0.3) is 0 Å². The Hall–Kier alpha value is -2.00. The molecule has 0 aliphatic heterocycles. The third kappa shape index (κ3) is 4.50. The van der Waals surface area contributed by atoms with Crippen LogP contribution in [0.3, 0.4) is 0 Å². The van der Waals surface area contributed by atoms with Gasteiger partial charge in [0, 0.05) is 19.1 Å². The Bertz CT molecular complexity index is 641. The molecule has 0 fully saturated rings. The van der Waals surface area contributed by atoms with Crippen molar-refractivity contribution in [3.63, 3.8) is 0 Å². The first-order chi connectivity index (χ1) is 9.53. The van der Waals surface area contributed by atoms with Gasteiger partial charge in [-0.05, 0) is 20.8 Å². The second-order valence-corrected chi connectivity index (χ2v) is 5.87. The number of β-amino-alcohol motifs (C(OH)–C–C–N with tert-alkyl or cyclic N) is 1. The summed E-state index contributed by atoms with van der Waals surface area (Å²) < 4.78 is 1.62. The zero-order chi connectivity index (χ0) is 16.4. The molecule has 0 spiro atoms. The summed E-state index contributed by atoms with van der Waals surface area (Å²) in [6.07, 6.45) is -0.141. The van der Waals surface area contributed by atoms with Crippen LogP contribution in [0.1, 0.15) is 20.8 Å². The van der Waals surface area contributed by atoms with E-state index in [1.165, 1.54) is 7.05 Å². The third-order valence-corrected chi connectivity index (χ3v) is 2.77. The Morgan fingerprint density at radius 3 is 2.48 bits per heavy atom. The lowest BCUT2D eigenvalue weighted by atomic mass is 10.1. The maximum atomic E-state index is 11.9. The van der Waals surface area contributed by atoms with E-state index in [1.807, 2.05) is 20.8 Å². The molecule has 0 radical (unpaired) electrons. The fraction of sp³-hybridized carbons (Fsp3) is 0.667. The maximum absolute atomic E-state index is 11.9. The third-order valence-electron chi connectivity index (χ3n) is 2.77. The van der Waals surface area contributed by atoms with Crippen LogP contribution < -0.4 is 16.6 Å². The van der Waals surface area contributed by atoms with Gasteiger partial charge in [0.05, 0.1) is 23.8 Å². The van der Waals surface area contributed by atoms with Gasteiger partial charge in [0.2, 0.25) is 0 Å². The van der Waals surface area contributed by atoms with Gasteiger partial charge in [0.1, 0.15) is 0 Å². The van der Waals surface area contributed by atoms with E-state index in [2.05, 4.69) is 5.32 Å². The minimum Gasteiger partial charge on any atom is -0.390 e. The van der Waals surface area contributed by atoms with Gasteiger partial charge in [-0.15, -0.1) is 0 Å². The number of rotatable bonds is 5. The number of hydrogen-bond acceptors (Lipinski definition) is 6. The van der Waals surface area contributed by atoms with Gasteiger partial charge < -0.3 is 10.4 Å². The fourth-order valence-corrected chi connectivity index (χ4v) is 1.69. The van der Waals surface area contributed by atoms with Gasteiger partial charge in [-0.25, -0.2) is 4.79 Å². The Morgan fingerprint density at radius 1 is 1.43 bits per heavy atom. The quantitative estimate of drug-likeness (QED) is 0.543. The average Bonchev–Trinajstić information content (AvgIpc) is 2.35. The number of aliphatic hydroxyl groups excluding tert-OH is 1. The summed E-state index contributed by atoms with van der Waals surface area (Å²) in [6.45, 7) is 5.55. The SMILES string of the molecule is Cn1cc([N+](=O)[O-])c(=O)n(CC(O)CNC(C)(C)C)c1=O. The topological polar surface area (TPSA) is 119 Å². The number of aryl methyl sites for hydroxylation is 1. The zero-order valence-corrected chi connectivity index (χ0v) is 12.5. The molecule has 1 unspecified atom stereocenters. The standard InChI is InChI=1S/C12H20N4O5/c1-12(2,3)13-5-8(17)6-15-10(18)9(16(20)21)7-14(4)11(15)19/h7-8,13,17H,5-6H2,1-4H3. The molecule has 9 nitrogen and oxygen atoms in total.